The van der Waals surface area contributed by atoms with Gasteiger partial charge in [0.1, 0.15) is 0 Å². The van der Waals surface area contributed by atoms with E-state index in [4.69, 9.17) is 11.5 Å². The van der Waals surface area contributed by atoms with Crippen LogP contribution < -0.4 is 11.5 Å². The van der Waals surface area contributed by atoms with Gasteiger partial charge < -0.3 is 11.5 Å². The van der Waals surface area contributed by atoms with E-state index in [2.05, 4.69) is 86.7 Å². The number of allylic oxidation sites excluding steroid dienone is 4. The van der Waals surface area contributed by atoms with Crippen molar-refractivity contribution < 1.29 is 0 Å². The Bertz CT molecular complexity index is 1370. The van der Waals surface area contributed by atoms with Gasteiger partial charge in [-0.25, -0.2) is 0 Å². The van der Waals surface area contributed by atoms with E-state index in [1.54, 1.807) is 0 Å². The summed E-state index contributed by atoms with van der Waals surface area (Å²) in [7, 11) is 0. The van der Waals surface area contributed by atoms with Crippen LogP contribution in [0.25, 0.3) is 0 Å². The largest absolute Gasteiger partial charge is 0.399 e. The normalized spacial score (nSPS) is 28.4. The first-order valence-electron chi connectivity index (χ1n) is 27.5. The van der Waals surface area contributed by atoms with Crippen molar-refractivity contribution >= 4 is 11.4 Å². The Balaban J connectivity index is 1.00. The average molecular weight is 845 g/mol. The minimum Gasteiger partial charge on any atom is -0.399 e. The molecule has 2 aromatic carbocycles. The van der Waals surface area contributed by atoms with Gasteiger partial charge in [-0.1, -0.05) is 139 Å². The van der Waals surface area contributed by atoms with Crippen LogP contribution in [-0.2, 0) is 12.8 Å². The zero-order valence-electron chi connectivity index (χ0n) is 40.5. The third-order valence-electron chi connectivity index (χ3n) is 17.2. The van der Waals surface area contributed by atoms with Crippen molar-refractivity contribution in [2.45, 2.75) is 219 Å². The van der Waals surface area contributed by atoms with E-state index < -0.39 is 0 Å². The van der Waals surface area contributed by atoms with Gasteiger partial charge in [-0.15, -0.1) is 0 Å². The number of anilines is 2. The third kappa shape index (κ3) is 17.8. The Morgan fingerprint density at radius 3 is 0.984 bits per heavy atom. The van der Waals surface area contributed by atoms with Crippen LogP contribution in [0, 0.1) is 59.2 Å². The predicted octanol–water partition coefficient (Wildman–Crippen LogP) is 17.7. The molecule has 0 saturated heterocycles. The monoisotopic (exact) mass is 845 g/mol. The minimum atomic E-state index is 0.694. The number of hydrogen-bond acceptors (Lipinski definition) is 2. The van der Waals surface area contributed by atoms with Crippen LogP contribution in [-0.4, -0.2) is 0 Å². The van der Waals surface area contributed by atoms with Crippen LogP contribution in [0.15, 0.2) is 72.8 Å². The highest BCUT2D eigenvalue weighted by molar-refractivity contribution is 5.40. The lowest BCUT2D eigenvalue weighted by atomic mass is 9.68. The van der Waals surface area contributed by atoms with Gasteiger partial charge in [-0.05, 0) is 223 Å². The van der Waals surface area contributed by atoms with Crippen molar-refractivity contribution in [3.8, 4) is 0 Å². The lowest BCUT2D eigenvalue weighted by Gasteiger charge is -2.37. The fraction of sp³-hybridized carbons (Fsp3) is 0.733. The highest BCUT2D eigenvalue weighted by Crippen LogP contribution is 2.43. The quantitative estimate of drug-likeness (QED) is 0.0594. The first-order valence-corrected chi connectivity index (χ1v) is 27.5. The van der Waals surface area contributed by atoms with Crippen molar-refractivity contribution in [3.05, 3.63) is 84.0 Å². The fourth-order valence-electron chi connectivity index (χ4n) is 12.9. The Hall–Kier alpha value is -2.48. The van der Waals surface area contributed by atoms with Gasteiger partial charge in [0, 0.05) is 11.4 Å². The number of benzene rings is 2. The van der Waals surface area contributed by atoms with Crippen LogP contribution in [0.4, 0.5) is 11.4 Å². The molecule has 4 aliphatic rings. The molecule has 0 amide bonds. The zero-order valence-corrected chi connectivity index (χ0v) is 40.5. The number of nitrogen functional groups attached to an aromatic ring is 2. The smallest absolute Gasteiger partial charge is 0.0314 e. The summed E-state index contributed by atoms with van der Waals surface area (Å²) >= 11 is 0. The number of nitrogens with two attached hydrogens (primary N) is 2. The van der Waals surface area contributed by atoms with E-state index in [-0.39, 0.29) is 0 Å². The van der Waals surface area contributed by atoms with Gasteiger partial charge in [0.25, 0.3) is 0 Å². The molecule has 346 valence electrons. The fourth-order valence-corrected chi connectivity index (χ4v) is 12.9. The van der Waals surface area contributed by atoms with Gasteiger partial charge in [-0.2, -0.15) is 0 Å². The second-order valence-electron chi connectivity index (χ2n) is 22.2. The molecule has 6 rings (SSSR count). The summed E-state index contributed by atoms with van der Waals surface area (Å²) in [6.07, 6.45) is 56.0. The van der Waals surface area contributed by atoms with Crippen molar-refractivity contribution in [2.24, 2.45) is 59.2 Å². The third-order valence-corrected chi connectivity index (χ3v) is 17.2. The maximum Gasteiger partial charge on any atom is 0.0314 e. The van der Waals surface area contributed by atoms with Gasteiger partial charge in [0.2, 0.25) is 0 Å². The van der Waals surface area contributed by atoms with Crippen LogP contribution in [0.3, 0.4) is 0 Å². The van der Waals surface area contributed by atoms with E-state index in [9.17, 15) is 0 Å². The average Bonchev–Trinajstić information content (AvgIpc) is 3.30. The Morgan fingerprint density at radius 1 is 0.387 bits per heavy atom. The second-order valence-corrected chi connectivity index (χ2v) is 22.2. The molecule has 4 N–H and O–H groups in total. The summed E-state index contributed by atoms with van der Waals surface area (Å²) in [6.45, 7) is 4.65. The first kappa shape index (κ1) is 49.0. The van der Waals surface area contributed by atoms with E-state index >= 15 is 0 Å². The second kappa shape index (κ2) is 27.8. The Kier molecular flexibility index (Phi) is 21.9. The van der Waals surface area contributed by atoms with Gasteiger partial charge in [0.15, 0.2) is 0 Å². The lowest BCUT2D eigenvalue weighted by Crippen LogP contribution is -2.28. The number of rotatable bonds is 25. The van der Waals surface area contributed by atoms with Crippen molar-refractivity contribution in [1.82, 2.24) is 0 Å². The summed E-state index contributed by atoms with van der Waals surface area (Å²) in [5.41, 5.74) is 17.1. The summed E-state index contributed by atoms with van der Waals surface area (Å²) in [6, 6.07) is 17.8. The van der Waals surface area contributed by atoms with E-state index in [1.807, 2.05) is 0 Å². The summed E-state index contributed by atoms with van der Waals surface area (Å²) in [5.74, 6) is 8.38. The maximum atomic E-state index is 6.21. The predicted molar refractivity (Wildman–Crippen MR) is 272 cm³/mol. The van der Waals surface area contributed by atoms with Crippen molar-refractivity contribution in [1.29, 1.82) is 0 Å². The molecule has 2 aromatic rings. The zero-order chi connectivity index (χ0) is 43.2. The molecule has 4 saturated carbocycles. The number of unbranched alkanes of at least 4 members (excludes halogenated alkanes) is 8. The van der Waals surface area contributed by atoms with Gasteiger partial charge >= 0.3 is 0 Å². The molecule has 0 spiro atoms. The maximum absolute atomic E-state index is 6.21. The summed E-state index contributed by atoms with van der Waals surface area (Å²) in [4.78, 5) is 0. The molecule has 2 unspecified atom stereocenters. The Labute approximate surface area is 383 Å². The van der Waals surface area contributed by atoms with E-state index in [0.717, 1.165) is 58.7 Å². The summed E-state index contributed by atoms with van der Waals surface area (Å²) in [5, 5.41) is 0. The van der Waals surface area contributed by atoms with Crippen LogP contribution in [0.1, 0.15) is 218 Å². The SMILES string of the molecule is CCCCCCCC1CCC(/C=C/C2CCC(CC(Cc3ccc(N)cc3)C(Cc3ccc(N)cc3)CC3CCC(/C=C/C4CCC(CCCCCCC)CC4)CC3)CC2)CC1. The number of hydrogen-bond donors (Lipinski definition) is 2. The molecule has 2 nitrogen and oxygen atoms in total. The molecular weight excluding hydrogens is 749 g/mol. The highest BCUT2D eigenvalue weighted by atomic mass is 14.5. The minimum absolute atomic E-state index is 0.694. The van der Waals surface area contributed by atoms with Crippen molar-refractivity contribution in [3.63, 3.8) is 0 Å². The standard InChI is InChI=1S/C60H96N2/c1-3-5-7-9-11-13-47-15-19-49(20-16-47)23-25-51-27-31-53(32-28-51)43-57(45-55-35-39-59(61)40-36-55)58(46-56-37-41-60(62)42-38-56)44-54-33-29-52(30-34-54)26-24-50-21-17-48(18-22-50)14-12-10-8-6-4-2/h23-26,35-42,47-54,57-58H,3-22,27-34,43-46,61-62H2,1-2H3/b25-23+,26-24+. The molecule has 4 fully saturated rings. The molecule has 0 radical (unpaired) electrons. The molecule has 0 aromatic heterocycles. The van der Waals surface area contributed by atoms with Crippen LogP contribution >= 0.6 is 0 Å². The Morgan fingerprint density at radius 2 is 0.677 bits per heavy atom. The van der Waals surface area contributed by atoms with Crippen molar-refractivity contribution in [2.75, 3.05) is 11.5 Å². The summed E-state index contributed by atoms with van der Waals surface area (Å²) < 4.78 is 0. The molecule has 62 heavy (non-hydrogen) atoms. The lowest BCUT2D eigenvalue weighted by molar-refractivity contribution is 0.171. The molecule has 0 aliphatic heterocycles. The van der Waals surface area contributed by atoms with Crippen LogP contribution in [0.5, 0.6) is 0 Å². The first-order chi connectivity index (χ1) is 30.4. The van der Waals surface area contributed by atoms with E-state index in [1.165, 1.54) is 217 Å². The molecule has 2 heteroatoms. The topological polar surface area (TPSA) is 52.0 Å². The molecule has 4 aliphatic carbocycles. The highest BCUT2D eigenvalue weighted by Gasteiger charge is 2.32. The van der Waals surface area contributed by atoms with E-state index in [0.29, 0.717) is 11.8 Å². The van der Waals surface area contributed by atoms with Gasteiger partial charge in [0.05, 0.1) is 0 Å². The molecule has 0 bridgehead atoms. The van der Waals surface area contributed by atoms with Gasteiger partial charge in [-0.3, -0.25) is 0 Å². The molecule has 0 heterocycles. The van der Waals surface area contributed by atoms with Crippen LogP contribution in [0.2, 0.25) is 0 Å². The molecular formula is C60H96N2. The molecule has 2 atom stereocenters.